The van der Waals surface area contributed by atoms with Gasteiger partial charge < -0.3 is 4.74 Å². The third-order valence-corrected chi connectivity index (χ3v) is 5.04. The van der Waals surface area contributed by atoms with Gasteiger partial charge in [0.05, 0.1) is 0 Å². The Morgan fingerprint density at radius 3 is 2.25 bits per heavy atom. The molecule has 0 radical (unpaired) electrons. The average Bonchev–Trinajstić information content (AvgIpc) is 2.62. The largest absolute Gasteiger partial charge is 0.460 e. The maximum absolute atomic E-state index is 10.8. The van der Waals surface area contributed by atoms with Gasteiger partial charge >= 0.3 is 0 Å². The summed E-state index contributed by atoms with van der Waals surface area (Å²) < 4.78 is 5.31. The summed E-state index contributed by atoms with van der Waals surface area (Å²) >= 11 is 1.74. The second-order valence-corrected chi connectivity index (χ2v) is 7.05. The standard InChI is InChI=1S/C21H26O2S/c1-2-3-4-5-9-12-21(23-17-22)18-13-15-20(16-14-18)24-19-10-7-6-8-11-19/h6-8,10-11,13-17,21H,2-5,9,12H2,1H3. The first-order chi connectivity index (χ1) is 11.8. The molecule has 0 aliphatic carbocycles. The molecule has 0 saturated heterocycles. The van der Waals surface area contributed by atoms with Crippen molar-refractivity contribution in [2.45, 2.75) is 61.3 Å². The molecule has 2 rings (SSSR count). The first-order valence-electron chi connectivity index (χ1n) is 8.75. The molecule has 24 heavy (non-hydrogen) atoms. The Labute approximate surface area is 149 Å². The van der Waals surface area contributed by atoms with Crippen molar-refractivity contribution in [3.63, 3.8) is 0 Å². The van der Waals surface area contributed by atoms with Gasteiger partial charge in [0.25, 0.3) is 6.47 Å². The molecule has 0 heterocycles. The summed E-state index contributed by atoms with van der Waals surface area (Å²) in [6.07, 6.45) is 6.86. The van der Waals surface area contributed by atoms with E-state index < -0.39 is 0 Å². The predicted molar refractivity (Wildman–Crippen MR) is 100 cm³/mol. The molecule has 0 N–H and O–H groups in total. The van der Waals surface area contributed by atoms with Crippen LogP contribution in [-0.4, -0.2) is 6.47 Å². The third kappa shape index (κ3) is 6.40. The van der Waals surface area contributed by atoms with Crippen molar-refractivity contribution in [3.8, 4) is 0 Å². The Kier molecular flexibility index (Phi) is 8.47. The van der Waals surface area contributed by atoms with Crippen LogP contribution < -0.4 is 0 Å². The zero-order valence-corrected chi connectivity index (χ0v) is 15.1. The van der Waals surface area contributed by atoms with Crippen molar-refractivity contribution in [3.05, 3.63) is 60.2 Å². The fraction of sp³-hybridized carbons (Fsp3) is 0.381. The second kappa shape index (κ2) is 10.9. The minimum absolute atomic E-state index is 0.125. The predicted octanol–water partition coefficient (Wildman–Crippen LogP) is 6.41. The fourth-order valence-electron chi connectivity index (χ4n) is 2.69. The molecule has 0 aliphatic heterocycles. The first-order valence-corrected chi connectivity index (χ1v) is 9.57. The Bertz CT molecular complexity index is 581. The van der Waals surface area contributed by atoms with Gasteiger partial charge in [-0.25, -0.2) is 0 Å². The van der Waals surface area contributed by atoms with Crippen molar-refractivity contribution in [1.82, 2.24) is 0 Å². The van der Waals surface area contributed by atoms with Gasteiger partial charge in [-0.1, -0.05) is 74.7 Å². The molecular weight excluding hydrogens is 316 g/mol. The van der Waals surface area contributed by atoms with Crippen LogP contribution in [0, 0.1) is 0 Å². The molecule has 2 aromatic carbocycles. The number of carbonyl (C=O) groups is 1. The number of carbonyl (C=O) groups excluding carboxylic acids is 1. The number of unbranched alkanes of at least 4 members (excludes halogenated alkanes) is 4. The first kappa shape index (κ1) is 18.6. The summed E-state index contributed by atoms with van der Waals surface area (Å²) in [6.45, 7) is 2.79. The van der Waals surface area contributed by atoms with Crippen LogP contribution in [0.3, 0.4) is 0 Å². The van der Waals surface area contributed by atoms with Crippen molar-refractivity contribution in [2.24, 2.45) is 0 Å². The Hall–Kier alpha value is -1.74. The lowest BCUT2D eigenvalue weighted by Gasteiger charge is -2.16. The third-order valence-electron chi connectivity index (χ3n) is 4.02. The highest BCUT2D eigenvalue weighted by Gasteiger charge is 2.12. The zero-order valence-electron chi connectivity index (χ0n) is 14.3. The lowest BCUT2D eigenvalue weighted by molar-refractivity contribution is -0.134. The summed E-state index contributed by atoms with van der Waals surface area (Å²) in [5.74, 6) is 0. The van der Waals surface area contributed by atoms with Gasteiger partial charge in [0.1, 0.15) is 6.10 Å². The van der Waals surface area contributed by atoms with E-state index in [-0.39, 0.29) is 6.10 Å². The molecule has 128 valence electrons. The van der Waals surface area contributed by atoms with Crippen molar-refractivity contribution >= 4 is 18.2 Å². The van der Waals surface area contributed by atoms with E-state index in [1.165, 1.54) is 35.5 Å². The number of benzene rings is 2. The molecule has 0 aliphatic rings. The van der Waals surface area contributed by atoms with E-state index >= 15 is 0 Å². The summed E-state index contributed by atoms with van der Waals surface area (Å²) in [6, 6.07) is 18.7. The SMILES string of the molecule is CCCCCCCC(OC=O)c1ccc(Sc2ccccc2)cc1. The fourth-order valence-corrected chi connectivity index (χ4v) is 3.53. The average molecular weight is 343 g/mol. The molecular formula is C21H26O2S. The van der Waals surface area contributed by atoms with E-state index in [2.05, 4.69) is 43.3 Å². The van der Waals surface area contributed by atoms with E-state index in [4.69, 9.17) is 4.74 Å². The quantitative estimate of drug-likeness (QED) is 0.348. The van der Waals surface area contributed by atoms with Crippen LogP contribution in [-0.2, 0) is 9.53 Å². The van der Waals surface area contributed by atoms with Gasteiger partial charge in [0, 0.05) is 9.79 Å². The van der Waals surface area contributed by atoms with Crippen LogP contribution in [0.15, 0.2) is 64.4 Å². The summed E-state index contributed by atoms with van der Waals surface area (Å²) in [5.41, 5.74) is 1.08. The van der Waals surface area contributed by atoms with Crippen LogP contribution in [0.4, 0.5) is 0 Å². The maximum Gasteiger partial charge on any atom is 0.293 e. The van der Waals surface area contributed by atoms with Crippen molar-refractivity contribution < 1.29 is 9.53 Å². The Morgan fingerprint density at radius 1 is 0.917 bits per heavy atom. The molecule has 0 fully saturated rings. The summed E-state index contributed by atoms with van der Waals surface area (Å²) in [4.78, 5) is 13.2. The van der Waals surface area contributed by atoms with Gasteiger partial charge in [0.2, 0.25) is 0 Å². The lowest BCUT2D eigenvalue weighted by Crippen LogP contribution is -2.03. The molecule has 2 aromatic rings. The van der Waals surface area contributed by atoms with Gasteiger partial charge in [-0.3, -0.25) is 4.79 Å². The molecule has 0 amide bonds. The number of hydrogen-bond acceptors (Lipinski definition) is 3. The van der Waals surface area contributed by atoms with Crippen LogP contribution in [0.25, 0.3) is 0 Å². The molecule has 3 heteroatoms. The highest BCUT2D eigenvalue weighted by atomic mass is 32.2. The molecule has 0 saturated carbocycles. The Morgan fingerprint density at radius 2 is 1.58 bits per heavy atom. The van der Waals surface area contributed by atoms with Crippen LogP contribution in [0.5, 0.6) is 0 Å². The van der Waals surface area contributed by atoms with E-state index in [0.29, 0.717) is 6.47 Å². The number of rotatable bonds is 11. The summed E-state index contributed by atoms with van der Waals surface area (Å²) in [7, 11) is 0. The van der Waals surface area contributed by atoms with E-state index in [0.717, 1.165) is 18.4 Å². The minimum atomic E-state index is -0.125. The number of hydrogen-bond donors (Lipinski definition) is 0. The monoisotopic (exact) mass is 342 g/mol. The van der Waals surface area contributed by atoms with Crippen LogP contribution >= 0.6 is 11.8 Å². The van der Waals surface area contributed by atoms with E-state index in [9.17, 15) is 4.79 Å². The van der Waals surface area contributed by atoms with E-state index in [1.54, 1.807) is 11.8 Å². The Balaban J connectivity index is 1.91. The molecule has 1 unspecified atom stereocenters. The van der Waals surface area contributed by atoms with Crippen LogP contribution in [0.2, 0.25) is 0 Å². The second-order valence-electron chi connectivity index (χ2n) is 5.91. The maximum atomic E-state index is 10.8. The normalized spacial score (nSPS) is 11.9. The van der Waals surface area contributed by atoms with Gasteiger partial charge in [-0.15, -0.1) is 0 Å². The van der Waals surface area contributed by atoms with Crippen molar-refractivity contribution in [2.75, 3.05) is 0 Å². The van der Waals surface area contributed by atoms with Crippen molar-refractivity contribution in [1.29, 1.82) is 0 Å². The molecule has 2 nitrogen and oxygen atoms in total. The number of ether oxygens (including phenoxy) is 1. The molecule has 1 atom stereocenters. The van der Waals surface area contributed by atoms with Gasteiger partial charge in [0.15, 0.2) is 0 Å². The zero-order chi connectivity index (χ0) is 17.0. The van der Waals surface area contributed by atoms with Gasteiger partial charge in [-0.05, 0) is 42.7 Å². The van der Waals surface area contributed by atoms with Crippen LogP contribution in [0.1, 0.15) is 57.1 Å². The minimum Gasteiger partial charge on any atom is -0.460 e. The molecule has 0 spiro atoms. The topological polar surface area (TPSA) is 26.3 Å². The highest BCUT2D eigenvalue weighted by Crippen LogP contribution is 2.30. The van der Waals surface area contributed by atoms with Gasteiger partial charge in [-0.2, -0.15) is 0 Å². The molecule has 0 aromatic heterocycles. The summed E-state index contributed by atoms with van der Waals surface area (Å²) in [5, 5.41) is 0. The van der Waals surface area contributed by atoms with E-state index in [1.807, 2.05) is 18.2 Å². The smallest absolute Gasteiger partial charge is 0.293 e. The highest BCUT2D eigenvalue weighted by molar-refractivity contribution is 7.99. The molecule has 0 bridgehead atoms. The lowest BCUT2D eigenvalue weighted by atomic mass is 10.0.